The van der Waals surface area contributed by atoms with Gasteiger partial charge in [-0.3, -0.25) is 4.79 Å². The van der Waals surface area contributed by atoms with E-state index in [2.05, 4.69) is 5.10 Å². The lowest BCUT2D eigenvalue weighted by Crippen LogP contribution is -2.12. The number of primary sulfonamides is 1. The molecule has 0 atom stereocenters. The number of hydrogen-bond acceptors (Lipinski definition) is 4. The molecule has 1 aromatic heterocycles. The van der Waals surface area contributed by atoms with Gasteiger partial charge in [0, 0.05) is 12.0 Å². The minimum atomic E-state index is -3.77. The molecule has 0 radical (unpaired) electrons. The van der Waals surface area contributed by atoms with Crippen molar-refractivity contribution in [2.45, 2.75) is 17.7 Å². The van der Waals surface area contributed by atoms with E-state index >= 15 is 0 Å². The van der Waals surface area contributed by atoms with Crippen LogP contribution in [0.4, 0.5) is 0 Å². The molecule has 0 amide bonds. The molecule has 0 spiro atoms. The van der Waals surface area contributed by atoms with E-state index in [9.17, 15) is 13.2 Å². The highest BCUT2D eigenvalue weighted by atomic mass is 32.2. The van der Waals surface area contributed by atoms with Crippen molar-refractivity contribution in [3.8, 4) is 16.9 Å². The van der Waals surface area contributed by atoms with Crippen LogP contribution in [0.1, 0.15) is 12.1 Å². The third kappa shape index (κ3) is 3.98. The molecule has 0 bridgehead atoms. The molecule has 8 heteroatoms. The topological polar surface area (TPSA) is 115 Å². The van der Waals surface area contributed by atoms with Gasteiger partial charge in [0.25, 0.3) is 0 Å². The highest BCUT2D eigenvalue weighted by molar-refractivity contribution is 7.89. The number of aliphatic carboxylic acids is 1. The predicted molar refractivity (Wildman–Crippen MR) is 96.3 cm³/mol. The first kappa shape index (κ1) is 17.8. The number of aryl methyl sites for hydroxylation is 1. The van der Waals surface area contributed by atoms with Gasteiger partial charge in [0.15, 0.2) is 0 Å². The van der Waals surface area contributed by atoms with E-state index in [0.717, 1.165) is 11.3 Å². The van der Waals surface area contributed by atoms with Crippen molar-refractivity contribution in [1.29, 1.82) is 0 Å². The third-order valence-electron chi connectivity index (χ3n) is 3.83. The van der Waals surface area contributed by atoms with E-state index in [1.807, 2.05) is 36.4 Å². The number of nitrogens with two attached hydrogens (primary N) is 1. The van der Waals surface area contributed by atoms with Gasteiger partial charge in [0.05, 0.1) is 28.4 Å². The summed E-state index contributed by atoms with van der Waals surface area (Å²) in [5, 5.41) is 18.5. The van der Waals surface area contributed by atoms with Gasteiger partial charge >= 0.3 is 5.97 Å². The maximum Gasteiger partial charge on any atom is 0.303 e. The summed E-state index contributed by atoms with van der Waals surface area (Å²) >= 11 is 0. The first-order chi connectivity index (χ1) is 12.3. The Labute approximate surface area is 150 Å². The Morgan fingerprint density at radius 1 is 1.08 bits per heavy atom. The Morgan fingerprint density at radius 3 is 2.31 bits per heavy atom. The number of benzene rings is 2. The SMILES string of the molecule is NS(=O)(=O)c1ccc(-n2nc(CCC(=O)O)cc2-c2ccccc2)cc1. The number of nitrogens with zero attached hydrogens (tertiary/aromatic N) is 2. The molecule has 7 nitrogen and oxygen atoms in total. The van der Waals surface area contributed by atoms with Gasteiger partial charge in [-0.25, -0.2) is 18.2 Å². The Kier molecular flexibility index (Phi) is 4.88. The van der Waals surface area contributed by atoms with Gasteiger partial charge in [-0.1, -0.05) is 30.3 Å². The zero-order chi connectivity index (χ0) is 18.7. The van der Waals surface area contributed by atoms with Crippen molar-refractivity contribution >= 4 is 16.0 Å². The summed E-state index contributed by atoms with van der Waals surface area (Å²) < 4.78 is 24.5. The Morgan fingerprint density at radius 2 is 1.73 bits per heavy atom. The van der Waals surface area contributed by atoms with Crippen molar-refractivity contribution in [2.24, 2.45) is 5.14 Å². The second-order valence-electron chi connectivity index (χ2n) is 5.73. The maximum atomic E-state index is 11.4. The fraction of sp³-hybridized carbons (Fsp3) is 0.111. The van der Waals surface area contributed by atoms with Crippen molar-refractivity contribution in [1.82, 2.24) is 9.78 Å². The van der Waals surface area contributed by atoms with Crippen molar-refractivity contribution in [3.63, 3.8) is 0 Å². The fourth-order valence-corrected chi connectivity index (χ4v) is 3.09. The van der Waals surface area contributed by atoms with E-state index in [-0.39, 0.29) is 11.3 Å². The number of hydrogen-bond donors (Lipinski definition) is 2. The predicted octanol–water partition coefficient (Wildman–Crippen LogP) is 2.20. The summed E-state index contributed by atoms with van der Waals surface area (Å²) in [6.45, 7) is 0. The maximum absolute atomic E-state index is 11.4. The molecule has 1 heterocycles. The largest absolute Gasteiger partial charge is 0.481 e. The first-order valence-electron chi connectivity index (χ1n) is 7.84. The lowest BCUT2D eigenvalue weighted by Gasteiger charge is -2.08. The quantitative estimate of drug-likeness (QED) is 0.689. The molecule has 0 aliphatic carbocycles. The van der Waals surface area contributed by atoms with Crippen LogP contribution in [0.25, 0.3) is 16.9 Å². The van der Waals surface area contributed by atoms with Crippen LogP contribution < -0.4 is 5.14 Å². The number of rotatable bonds is 6. The molecular weight excluding hydrogens is 354 g/mol. The normalized spacial score (nSPS) is 11.4. The molecule has 3 N–H and O–H groups in total. The molecule has 0 saturated carbocycles. The summed E-state index contributed by atoms with van der Waals surface area (Å²) in [6.07, 6.45) is 0.285. The average molecular weight is 371 g/mol. The summed E-state index contributed by atoms with van der Waals surface area (Å²) in [6, 6.07) is 17.4. The molecule has 0 saturated heterocycles. The molecular formula is C18H17N3O4S. The van der Waals surface area contributed by atoms with Crippen LogP contribution in [-0.4, -0.2) is 29.3 Å². The number of carboxylic acid groups (broad SMARTS) is 1. The van der Waals surface area contributed by atoms with E-state index in [4.69, 9.17) is 10.2 Å². The number of carboxylic acids is 1. The summed E-state index contributed by atoms with van der Waals surface area (Å²) in [7, 11) is -3.77. The molecule has 0 aliphatic rings. The first-order valence-corrected chi connectivity index (χ1v) is 9.38. The van der Waals surface area contributed by atoms with Gasteiger partial charge < -0.3 is 5.11 Å². The Hall–Kier alpha value is -2.97. The lowest BCUT2D eigenvalue weighted by atomic mass is 10.1. The highest BCUT2D eigenvalue weighted by Crippen LogP contribution is 2.25. The van der Waals surface area contributed by atoms with Crippen LogP contribution in [0.5, 0.6) is 0 Å². The lowest BCUT2D eigenvalue weighted by molar-refractivity contribution is -0.136. The summed E-state index contributed by atoms with van der Waals surface area (Å²) in [4.78, 5) is 10.8. The fourth-order valence-electron chi connectivity index (χ4n) is 2.58. The van der Waals surface area contributed by atoms with E-state index in [0.29, 0.717) is 17.8 Å². The number of sulfonamides is 1. The Balaban J connectivity index is 2.05. The Bertz CT molecular complexity index is 1030. The van der Waals surface area contributed by atoms with E-state index in [1.165, 1.54) is 12.1 Å². The van der Waals surface area contributed by atoms with Gasteiger partial charge in [0.1, 0.15) is 0 Å². The van der Waals surface area contributed by atoms with Crippen LogP contribution in [-0.2, 0) is 21.2 Å². The zero-order valence-electron chi connectivity index (χ0n) is 13.7. The number of carbonyl (C=O) groups is 1. The van der Waals surface area contributed by atoms with Gasteiger partial charge in [-0.15, -0.1) is 0 Å². The highest BCUT2D eigenvalue weighted by Gasteiger charge is 2.14. The van der Waals surface area contributed by atoms with Crippen LogP contribution in [0.2, 0.25) is 0 Å². The van der Waals surface area contributed by atoms with Crippen LogP contribution >= 0.6 is 0 Å². The van der Waals surface area contributed by atoms with Crippen molar-refractivity contribution in [3.05, 3.63) is 66.4 Å². The number of aromatic nitrogens is 2. The van der Waals surface area contributed by atoms with E-state index in [1.54, 1.807) is 16.8 Å². The van der Waals surface area contributed by atoms with E-state index < -0.39 is 16.0 Å². The summed E-state index contributed by atoms with van der Waals surface area (Å²) in [5.41, 5.74) is 2.99. The van der Waals surface area contributed by atoms with Gasteiger partial charge in [-0.05, 0) is 30.3 Å². The van der Waals surface area contributed by atoms with Crippen LogP contribution in [0.3, 0.4) is 0 Å². The molecule has 3 rings (SSSR count). The van der Waals surface area contributed by atoms with Gasteiger partial charge in [0.2, 0.25) is 10.0 Å². The van der Waals surface area contributed by atoms with Crippen LogP contribution in [0, 0.1) is 0 Å². The monoisotopic (exact) mass is 371 g/mol. The average Bonchev–Trinajstić information content (AvgIpc) is 3.04. The molecule has 26 heavy (non-hydrogen) atoms. The molecule has 2 aromatic carbocycles. The molecule has 0 aliphatic heterocycles. The minimum absolute atomic E-state index is 0.0146. The van der Waals surface area contributed by atoms with Crippen molar-refractivity contribution in [2.75, 3.05) is 0 Å². The molecule has 3 aromatic rings. The second-order valence-corrected chi connectivity index (χ2v) is 7.29. The smallest absolute Gasteiger partial charge is 0.303 e. The molecule has 0 fully saturated rings. The second kappa shape index (κ2) is 7.11. The molecule has 134 valence electrons. The zero-order valence-corrected chi connectivity index (χ0v) is 14.6. The molecule has 0 unspecified atom stereocenters. The third-order valence-corrected chi connectivity index (χ3v) is 4.76. The minimum Gasteiger partial charge on any atom is -0.481 e. The van der Waals surface area contributed by atoms with Crippen molar-refractivity contribution < 1.29 is 18.3 Å². The standard InChI is InChI=1S/C18H17N3O4S/c19-26(24,25)16-9-7-15(8-10-16)21-17(13-4-2-1-3-5-13)12-14(20-21)6-11-18(22)23/h1-5,7-10,12H,6,11H2,(H,22,23)(H2,19,24,25). The summed E-state index contributed by atoms with van der Waals surface area (Å²) in [5.74, 6) is -0.890. The van der Waals surface area contributed by atoms with Gasteiger partial charge in [-0.2, -0.15) is 5.10 Å². The van der Waals surface area contributed by atoms with Crippen LogP contribution in [0.15, 0.2) is 65.6 Å².